The summed E-state index contributed by atoms with van der Waals surface area (Å²) in [6, 6.07) is 0. The van der Waals surface area contributed by atoms with Crippen LogP contribution < -0.4 is 0 Å². The Balaban J connectivity index is 2.19. The molecule has 2 unspecified atom stereocenters. The van der Waals surface area contributed by atoms with Crippen LogP contribution in [0.15, 0.2) is 11.6 Å². The van der Waals surface area contributed by atoms with Crippen molar-refractivity contribution in [2.45, 2.75) is 33.6 Å². The summed E-state index contributed by atoms with van der Waals surface area (Å²) < 4.78 is 0. The van der Waals surface area contributed by atoms with E-state index in [1.54, 1.807) is 5.57 Å². The Morgan fingerprint density at radius 2 is 2.22 bits per heavy atom. The minimum Gasteiger partial charge on any atom is -0.0776 e. The Hall–Kier alpha value is -0.260. The number of hydrogen-bond donors (Lipinski definition) is 0. The number of rotatable bonds is 3. The van der Waals surface area contributed by atoms with E-state index in [2.05, 4.69) is 26.8 Å². The van der Waals surface area contributed by atoms with Crippen LogP contribution in [-0.4, -0.2) is 0 Å². The second-order valence-electron chi connectivity index (χ2n) is 3.15. The van der Waals surface area contributed by atoms with Gasteiger partial charge in [-0.2, -0.15) is 0 Å². The van der Waals surface area contributed by atoms with Gasteiger partial charge in [0.25, 0.3) is 0 Å². The molecule has 0 fully saturated rings. The summed E-state index contributed by atoms with van der Waals surface area (Å²) in [5.41, 5.74) is 1.69. The first kappa shape index (κ1) is 6.85. The molecular weight excluding hydrogens is 108 g/mol. The zero-order valence-electron chi connectivity index (χ0n) is 6.65. The molecular formula is C9H16. The monoisotopic (exact) mass is 124 g/mol. The van der Waals surface area contributed by atoms with Crippen molar-refractivity contribution in [2.75, 3.05) is 0 Å². The van der Waals surface area contributed by atoms with Crippen molar-refractivity contribution in [3.8, 4) is 0 Å². The fraction of sp³-hybridized carbons (Fsp3) is 0.778. The van der Waals surface area contributed by atoms with E-state index in [-0.39, 0.29) is 0 Å². The SMILES string of the molecule is CCCC(C)C1=CC1C. The van der Waals surface area contributed by atoms with Crippen molar-refractivity contribution in [1.29, 1.82) is 0 Å². The molecule has 0 bridgehead atoms. The van der Waals surface area contributed by atoms with Gasteiger partial charge < -0.3 is 0 Å². The molecule has 1 aliphatic carbocycles. The first-order chi connectivity index (χ1) is 4.25. The fourth-order valence-electron chi connectivity index (χ4n) is 1.45. The van der Waals surface area contributed by atoms with Crippen LogP contribution in [0.1, 0.15) is 33.6 Å². The fourth-order valence-corrected chi connectivity index (χ4v) is 1.45. The number of hydrogen-bond acceptors (Lipinski definition) is 0. The van der Waals surface area contributed by atoms with E-state index < -0.39 is 0 Å². The Morgan fingerprint density at radius 3 is 2.56 bits per heavy atom. The molecule has 0 amide bonds. The quantitative estimate of drug-likeness (QED) is 0.507. The maximum absolute atomic E-state index is 2.38. The first-order valence-electron chi connectivity index (χ1n) is 3.97. The lowest BCUT2D eigenvalue weighted by Gasteiger charge is -2.04. The normalized spacial score (nSPS) is 27.4. The average molecular weight is 124 g/mol. The van der Waals surface area contributed by atoms with Crippen molar-refractivity contribution < 1.29 is 0 Å². The zero-order valence-corrected chi connectivity index (χ0v) is 6.65. The molecule has 0 aliphatic heterocycles. The summed E-state index contributed by atoms with van der Waals surface area (Å²) in [6.45, 7) is 6.87. The molecule has 2 atom stereocenters. The van der Waals surface area contributed by atoms with Crippen molar-refractivity contribution in [3.05, 3.63) is 11.6 Å². The van der Waals surface area contributed by atoms with Crippen LogP contribution in [0.25, 0.3) is 0 Å². The predicted octanol–water partition coefficient (Wildman–Crippen LogP) is 3.00. The van der Waals surface area contributed by atoms with Crippen LogP contribution in [-0.2, 0) is 0 Å². The van der Waals surface area contributed by atoms with Crippen molar-refractivity contribution in [1.82, 2.24) is 0 Å². The number of allylic oxidation sites excluding steroid dienone is 2. The Bertz CT molecular complexity index is 122. The highest BCUT2D eigenvalue weighted by molar-refractivity contribution is 5.29. The summed E-state index contributed by atoms with van der Waals surface area (Å²) in [7, 11) is 0. The van der Waals surface area contributed by atoms with E-state index in [0.717, 1.165) is 11.8 Å². The summed E-state index contributed by atoms with van der Waals surface area (Å²) in [5.74, 6) is 1.71. The third-order valence-corrected chi connectivity index (χ3v) is 2.15. The summed E-state index contributed by atoms with van der Waals surface area (Å²) in [4.78, 5) is 0. The molecule has 0 aromatic heterocycles. The maximum Gasteiger partial charge on any atom is -0.00458 e. The van der Waals surface area contributed by atoms with Gasteiger partial charge in [-0.15, -0.1) is 0 Å². The molecule has 1 rings (SSSR count). The maximum atomic E-state index is 2.38. The van der Waals surface area contributed by atoms with Gasteiger partial charge in [0.1, 0.15) is 0 Å². The Kier molecular flexibility index (Phi) is 1.94. The van der Waals surface area contributed by atoms with Crippen molar-refractivity contribution in [3.63, 3.8) is 0 Å². The highest BCUT2D eigenvalue weighted by atomic mass is 14.3. The molecule has 1 aliphatic rings. The molecule has 0 nitrogen and oxygen atoms in total. The lowest BCUT2D eigenvalue weighted by atomic mass is 10.0. The van der Waals surface area contributed by atoms with Crippen LogP contribution in [0, 0.1) is 11.8 Å². The lowest BCUT2D eigenvalue weighted by Crippen LogP contribution is -1.91. The van der Waals surface area contributed by atoms with E-state index in [1.165, 1.54) is 12.8 Å². The van der Waals surface area contributed by atoms with Crippen LogP contribution in [0.2, 0.25) is 0 Å². The van der Waals surface area contributed by atoms with Crippen LogP contribution in [0.5, 0.6) is 0 Å². The standard InChI is InChI=1S/C9H16/c1-4-5-7(2)9-6-8(9)3/h6-8H,4-5H2,1-3H3. The van der Waals surface area contributed by atoms with Gasteiger partial charge in [0.2, 0.25) is 0 Å². The van der Waals surface area contributed by atoms with Crippen LogP contribution >= 0.6 is 0 Å². The third kappa shape index (κ3) is 1.57. The Labute approximate surface area is 58.0 Å². The summed E-state index contributed by atoms with van der Waals surface area (Å²) in [6.07, 6.45) is 5.07. The van der Waals surface area contributed by atoms with E-state index >= 15 is 0 Å². The molecule has 0 aromatic carbocycles. The van der Waals surface area contributed by atoms with Gasteiger partial charge in [0.15, 0.2) is 0 Å². The molecule has 52 valence electrons. The third-order valence-electron chi connectivity index (χ3n) is 2.15. The van der Waals surface area contributed by atoms with E-state index in [9.17, 15) is 0 Å². The summed E-state index contributed by atoms with van der Waals surface area (Å²) >= 11 is 0. The van der Waals surface area contributed by atoms with Gasteiger partial charge >= 0.3 is 0 Å². The topological polar surface area (TPSA) is 0 Å². The van der Waals surface area contributed by atoms with Gasteiger partial charge in [0, 0.05) is 0 Å². The van der Waals surface area contributed by atoms with Crippen molar-refractivity contribution >= 4 is 0 Å². The highest BCUT2D eigenvalue weighted by Gasteiger charge is 2.23. The van der Waals surface area contributed by atoms with Crippen molar-refractivity contribution in [2.24, 2.45) is 11.8 Å². The minimum absolute atomic E-state index is 0.839. The predicted molar refractivity (Wildman–Crippen MR) is 41.3 cm³/mol. The van der Waals surface area contributed by atoms with E-state index in [1.807, 2.05) is 0 Å². The van der Waals surface area contributed by atoms with Gasteiger partial charge in [-0.1, -0.05) is 38.8 Å². The molecule has 0 aromatic rings. The van der Waals surface area contributed by atoms with Crippen LogP contribution in [0.4, 0.5) is 0 Å². The molecule has 0 saturated carbocycles. The highest BCUT2D eigenvalue weighted by Crippen LogP contribution is 2.36. The molecule has 0 spiro atoms. The van der Waals surface area contributed by atoms with Gasteiger partial charge in [0.05, 0.1) is 0 Å². The second kappa shape index (κ2) is 2.55. The molecule has 0 heterocycles. The molecule has 9 heavy (non-hydrogen) atoms. The molecule has 0 saturated heterocycles. The van der Waals surface area contributed by atoms with Gasteiger partial charge in [-0.05, 0) is 18.3 Å². The molecule has 0 radical (unpaired) electrons. The largest absolute Gasteiger partial charge is 0.0776 e. The van der Waals surface area contributed by atoms with Crippen LogP contribution in [0.3, 0.4) is 0 Å². The van der Waals surface area contributed by atoms with E-state index in [0.29, 0.717) is 0 Å². The lowest BCUT2D eigenvalue weighted by molar-refractivity contribution is 0.598. The zero-order chi connectivity index (χ0) is 6.85. The second-order valence-corrected chi connectivity index (χ2v) is 3.15. The minimum atomic E-state index is 0.839. The summed E-state index contributed by atoms with van der Waals surface area (Å²) in [5, 5.41) is 0. The smallest absolute Gasteiger partial charge is 0.00458 e. The molecule has 0 heteroatoms. The van der Waals surface area contributed by atoms with Gasteiger partial charge in [-0.3, -0.25) is 0 Å². The van der Waals surface area contributed by atoms with Gasteiger partial charge in [-0.25, -0.2) is 0 Å². The molecule has 0 N–H and O–H groups in total. The first-order valence-corrected chi connectivity index (χ1v) is 3.97. The average Bonchev–Trinajstić information content (AvgIpc) is 2.47. The van der Waals surface area contributed by atoms with E-state index in [4.69, 9.17) is 0 Å². The Morgan fingerprint density at radius 1 is 1.67 bits per heavy atom.